The van der Waals surface area contributed by atoms with Gasteiger partial charge in [-0.15, -0.1) is 0 Å². The van der Waals surface area contributed by atoms with Crippen LogP contribution >= 0.6 is 0 Å². The summed E-state index contributed by atoms with van der Waals surface area (Å²) in [4.78, 5) is 11.8. The maximum Gasteiger partial charge on any atom is 0.316 e. The third-order valence-electron chi connectivity index (χ3n) is 2.51. The molecule has 3 heteroatoms. The highest BCUT2D eigenvalue weighted by atomic mass is 16.5. The quantitative estimate of drug-likeness (QED) is 0.730. The molecular formula is C13H15NO2. The number of nitrogens with zero attached hydrogens (tertiary/aromatic N) is 1. The molecule has 0 atom stereocenters. The summed E-state index contributed by atoms with van der Waals surface area (Å²) in [5.41, 5.74) is 0.430. The van der Waals surface area contributed by atoms with Gasteiger partial charge in [0.05, 0.1) is 23.7 Å². The van der Waals surface area contributed by atoms with Crippen LogP contribution in [0.15, 0.2) is 24.3 Å². The highest BCUT2D eigenvalue weighted by molar-refractivity contribution is 5.83. The van der Waals surface area contributed by atoms with E-state index in [0.29, 0.717) is 17.7 Å². The third-order valence-corrected chi connectivity index (χ3v) is 2.51. The van der Waals surface area contributed by atoms with Gasteiger partial charge in [0.25, 0.3) is 0 Å². The molecule has 16 heavy (non-hydrogen) atoms. The largest absolute Gasteiger partial charge is 0.465 e. The van der Waals surface area contributed by atoms with Crippen molar-refractivity contribution in [1.29, 1.82) is 5.26 Å². The maximum atomic E-state index is 11.8. The molecule has 1 aromatic rings. The summed E-state index contributed by atoms with van der Waals surface area (Å²) < 4.78 is 5.01. The van der Waals surface area contributed by atoms with Gasteiger partial charge in [-0.2, -0.15) is 5.26 Å². The Morgan fingerprint density at radius 2 is 2.06 bits per heavy atom. The lowest BCUT2D eigenvalue weighted by atomic mass is 9.82. The fraction of sp³-hybridized carbons (Fsp3) is 0.385. The first-order valence-corrected chi connectivity index (χ1v) is 5.20. The van der Waals surface area contributed by atoms with Gasteiger partial charge in [0, 0.05) is 0 Å². The number of hydrogen-bond acceptors (Lipinski definition) is 3. The van der Waals surface area contributed by atoms with Crippen molar-refractivity contribution in [3.8, 4) is 6.07 Å². The van der Waals surface area contributed by atoms with Gasteiger partial charge < -0.3 is 4.74 Å². The fourth-order valence-corrected chi connectivity index (χ4v) is 1.55. The molecule has 0 aliphatic heterocycles. The van der Waals surface area contributed by atoms with Crippen molar-refractivity contribution in [2.45, 2.75) is 26.2 Å². The Hall–Kier alpha value is -1.82. The number of benzene rings is 1. The van der Waals surface area contributed by atoms with Crippen LogP contribution in [0, 0.1) is 11.3 Å². The van der Waals surface area contributed by atoms with Crippen molar-refractivity contribution in [1.82, 2.24) is 0 Å². The zero-order chi connectivity index (χ0) is 12.2. The number of carbonyl (C=O) groups excluding carboxylic acids is 1. The van der Waals surface area contributed by atoms with Gasteiger partial charge >= 0.3 is 5.97 Å². The Morgan fingerprint density at radius 1 is 1.44 bits per heavy atom. The first-order valence-electron chi connectivity index (χ1n) is 5.20. The molecule has 0 saturated heterocycles. The van der Waals surface area contributed by atoms with Gasteiger partial charge in [0.1, 0.15) is 0 Å². The molecule has 1 aromatic carbocycles. The van der Waals surface area contributed by atoms with Crippen LogP contribution < -0.4 is 0 Å². The second-order valence-electron chi connectivity index (χ2n) is 4.00. The van der Waals surface area contributed by atoms with E-state index in [1.54, 1.807) is 39.0 Å². The van der Waals surface area contributed by atoms with Crippen LogP contribution in [-0.4, -0.2) is 12.6 Å². The predicted octanol–water partition coefficient (Wildman–Crippen LogP) is 2.40. The van der Waals surface area contributed by atoms with Crippen molar-refractivity contribution in [3.05, 3.63) is 35.4 Å². The summed E-state index contributed by atoms with van der Waals surface area (Å²) in [6.45, 7) is 5.64. The zero-order valence-electron chi connectivity index (χ0n) is 9.78. The van der Waals surface area contributed by atoms with Gasteiger partial charge in [-0.1, -0.05) is 18.2 Å². The number of ether oxygens (including phenoxy) is 1. The Balaban J connectivity index is 3.17. The lowest BCUT2D eigenvalue weighted by molar-refractivity contribution is -0.148. The molecule has 0 aliphatic rings. The third kappa shape index (κ3) is 2.22. The highest BCUT2D eigenvalue weighted by Gasteiger charge is 2.33. The standard InChI is InChI=1S/C13H15NO2/c1-4-16-12(15)13(2,3)11-8-6-5-7-10(11)9-14/h5-8H,4H2,1-3H3. The number of esters is 1. The monoisotopic (exact) mass is 217 g/mol. The van der Waals surface area contributed by atoms with E-state index in [-0.39, 0.29) is 5.97 Å². The normalized spacial score (nSPS) is 10.6. The van der Waals surface area contributed by atoms with Crippen LogP contribution in [0.1, 0.15) is 31.9 Å². The first-order chi connectivity index (χ1) is 7.54. The molecule has 0 heterocycles. The molecular weight excluding hydrogens is 202 g/mol. The lowest BCUT2D eigenvalue weighted by Crippen LogP contribution is -2.31. The number of rotatable bonds is 3. The molecule has 3 nitrogen and oxygen atoms in total. The van der Waals surface area contributed by atoms with E-state index in [2.05, 4.69) is 6.07 Å². The smallest absolute Gasteiger partial charge is 0.316 e. The first kappa shape index (κ1) is 12.3. The van der Waals surface area contributed by atoms with Gasteiger partial charge in [0.15, 0.2) is 0 Å². The van der Waals surface area contributed by atoms with Crippen LogP contribution in [0.25, 0.3) is 0 Å². The molecule has 84 valence electrons. The van der Waals surface area contributed by atoms with E-state index in [0.717, 1.165) is 0 Å². The average Bonchev–Trinajstić information content (AvgIpc) is 2.29. The van der Waals surface area contributed by atoms with Crippen LogP contribution in [0.4, 0.5) is 0 Å². The van der Waals surface area contributed by atoms with E-state index >= 15 is 0 Å². The number of nitriles is 1. The minimum Gasteiger partial charge on any atom is -0.465 e. The average molecular weight is 217 g/mol. The van der Waals surface area contributed by atoms with E-state index in [1.807, 2.05) is 6.07 Å². The Labute approximate surface area is 95.7 Å². The Kier molecular flexibility index (Phi) is 3.68. The number of hydrogen-bond donors (Lipinski definition) is 0. The SMILES string of the molecule is CCOC(=O)C(C)(C)c1ccccc1C#N. The van der Waals surface area contributed by atoms with Crippen LogP contribution in [0.5, 0.6) is 0 Å². The molecule has 0 N–H and O–H groups in total. The highest BCUT2D eigenvalue weighted by Crippen LogP contribution is 2.27. The summed E-state index contributed by atoms with van der Waals surface area (Å²) in [7, 11) is 0. The zero-order valence-corrected chi connectivity index (χ0v) is 9.78. The summed E-state index contributed by atoms with van der Waals surface area (Å²) in [6.07, 6.45) is 0. The van der Waals surface area contributed by atoms with Gasteiger partial charge in [-0.05, 0) is 32.4 Å². The topological polar surface area (TPSA) is 50.1 Å². The van der Waals surface area contributed by atoms with Gasteiger partial charge in [0.2, 0.25) is 0 Å². The molecule has 0 amide bonds. The van der Waals surface area contributed by atoms with Crippen molar-refractivity contribution in [2.75, 3.05) is 6.61 Å². The maximum absolute atomic E-state index is 11.8. The minimum atomic E-state index is -0.789. The second kappa shape index (κ2) is 4.80. The Morgan fingerprint density at radius 3 is 2.62 bits per heavy atom. The Bertz CT molecular complexity index is 430. The molecule has 0 aromatic heterocycles. The molecule has 0 aliphatic carbocycles. The lowest BCUT2D eigenvalue weighted by Gasteiger charge is -2.23. The van der Waals surface area contributed by atoms with Gasteiger partial charge in [-0.25, -0.2) is 0 Å². The molecule has 0 radical (unpaired) electrons. The second-order valence-corrected chi connectivity index (χ2v) is 4.00. The van der Waals surface area contributed by atoms with Gasteiger partial charge in [-0.3, -0.25) is 4.79 Å². The van der Waals surface area contributed by atoms with E-state index in [4.69, 9.17) is 10.00 Å². The van der Waals surface area contributed by atoms with Crippen molar-refractivity contribution in [3.63, 3.8) is 0 Å². The molecule has 0 unspecified atom stereocenters. The van der Waals surface area contributed by atoms with Crippen LogP contribution in [0.2, 0.25) is 0 Å². The fourth-order valence-electron chi connectivity index (χ4n) is 1.55. The van der Waals surface area contributed by atoms with E-state index in [1.165, 1.54) is 0 Å². The van der Waals surface area contributed by atoms with E-state index < -0.39 is 5.41 Å². The van der Waals surface area contributed by atoms with Crippen LogP contribution in [0.3, 0.4) is 0 Å². The molecule has 0 bridgehead atoms. The summed E-state index contributed by atoms with van der Waals surface area (Å²) in [6, 6.07) is 9.18. The molecule has 0 saturated carbocycles. The van der Waals surface area contributed by atoms with Crippen molar-refractivity contribution >= 4 is 5.97 Å². The molecule has 0 spiro atoms. The van der Waals surface area contributed by atoms with Crippen molar-refractivity contribution in [2.24, 2.45) is 0 Å². The number of carbonyl (C=O) groups is 1. The molecule has 0 fully saturated rings. The van der Waals surface area contributed by atoms with Crippen molar-refractivity contribution < 1.29 is 9.53 Å². The van der Waals surface area contributed by atoms with E-state index in [9.17, 15) is 4.79 Å². The van der Waals surface area contributed by atoms with Crippen LogP contribution in [-0.2, 0) is 14.9 Å². The summed E-state index contributed by atoms with van der Waals surface area (Å²) >= 11 is 0. The predicted molar refractivity (Wildman–Crippen MR) is 60.8 cm³/mol. The molecule has 1 rings (SSSR count). The summed E-state index contributed by atoms with van der Waals surface area (Å²) in [5.74, 6) is -0.308. The minimum absolute atomic E-state index is 0.308. The summed E-state index contributed by atoms with van der Waals surface area (Å²) in [5, 5.41) is 8.99.